The second kappa shape index (κ2) is 12.1. The van der Waals surface area contributed by atoms with E-state index in [-0.39, 0.29) is 17.4 Å². The van der Waals surface area contributed by atoms with E-state index in [1.165, 1.54) is 0 Å². The van der Waals surface area contributed by atoms with Crippen LogP contribution in [0, 0.1) is 52.4 Å². The van der Waals surface area contributed by atoms with Gasteiger partial charge >= 0.3 is 0 Å². The van der Waals surface area contributed by atoms with Crippen molar-refractivity contribution < 1.29 is 39.5 Å². The van der Waals surface area contributed by atoms with Gasteiger partial charge in [0.05, 0.1) is 0 Å². The van der Waals surface area contributed by atoms with Crippen LogP contribution in [0.2, 0.25) is 0 Å². The number of hydrogen-bond donors (Lipinski definition) is 0. The molecular formula is C18H12AlF9. The maximum Gasteiger partial charge on any atom is 0.187 e. The molecule has 0 aliphatic carbocycles. The molecule has 150 valence electrons. The number of hydrogen-bond acceptors (Lipinski definition) is 0. The van der Waals surface area contributed by atoms with Crippen LogP contribution in [0.15, 0.2) is 54.6 Å². The van der Waals surface area contributed by atoms with E-state index in [0.717, 1.165) is 0 Å². The highest BCUT2D eigenvalue weighted by Gasteiger charge is 1.98. The zero-order valence-corrected chi connectivity index (χ0v) is 13.1. The van der Waals surface area contributed by atoms with Crippen molar-refractivity contribution in [1.29, 1.82) is 0 Å². The molecule has 0 amide bonds. The highest BCUT2D eigenvalue weighted by molar-refractivity contribution is 5.75. The maximum absolute atomic E-state index is 11.9. The van der Waals surface area contributed by atoms with Gasteiger partial charge in [-0.1, -0.05) is 0 Å². The SMILES string of the molecule is Fc1cc(F)cc(F)c1.Fc1cc(F)cc(F)c1.Fc1cc(F)cc(F)c1.[AlH3]. The number of halogens is 9. The third kappa shape index (κ3) is 10.6. The minimum absolute atomic E-state index is 0. The molecule has 10 heteroatoms. The average molecular weight is 426 g/mol. The van der Waals surface area contributed by atoms with Crippen molar-refractivity contribution in [3.63, 3.8) is 0 Å². The van der Waals surface area contributed by atoms with Gasteiger partial charge in [0, 0.05) is 54.6 Å². The third-order valence-corrected chi connectivity index (χ3v) is 2.48. The third-order valence-electron chi connectivity index (χ3n) is 2.48. The Morgan fingerprint density at radius 1 is 0.250 bits per heavy atom. The number of rotatable bonds is 0. The second-order valence-electron chi connectivity index (χ2n) is 4.76. The van der Waals surface area contributed by atoms with Gasteiger partial charge in [-0.25, -0.2) is 39.5 Å². The molecule has 0 saturated carbocycles. The van der Waals surface area contributed by atoms with Gasteiger partial charge in [-0.05, 0) is 0 Å². The van der Waals surface area contributed by atoms with Crippen molar-refractivity contribution in [2.45, 2.75) is 0 Å². The van der Waals surface area contributed by atoms with Gasteiger partial charge in [0.25, 0.3) is 0 Å². The lowest BCUT2D eigenvalue weighted by atomic mass is 10.3. The smallest absolute Gasteiger partial charge is 0.187 e. The van der Waals surface area contributed by atoms with Crippen LogP contribution in [0.5, 0.6) is 0 Å². The van der Waals surface area contributed by atoms with Crippen LogP contribution < -0.4 is 0 Å². The Balaban J connectivity index is 0.000000384. The Morgan fingerprint density at radius 3 is 0.393 bits per heavy atom. The predicted octanol–water partition coefficient (Wildman–Crippen LogP) is 5.13. The molecule has 0 aliphatic rings. The monoisotopic (exact) mass is 426 g/mol. The van der Waals surface area contributed by atoms with Crippen LogP contribution in [0.3, 0.4) is 0 Å². The van der Waals surface area contributed by atoms with Gasteiger partial charge in [-0.15, -0.1) is 0 Å². The molecule has 3 aromatic rings. The Bertz CT molecular complexity index is 631. The Kier molecular flexibility index (Phi) is 11.1. The van der Waals surface area contributed by atoms with E-state index < -0.39 is 52.4 Å². The first-order chi connectivity index (χ1) is 12.5. The lowest BCUT2D eigenvalue weighted by Gasteiger charge is -1.88. The summed E-state index contributed by atoms with van der Waals surface area (Å²) in [5, 5.41) is 0. The Labute approximate surface area is 164 Å². The van der Waals surface area contributed by atoms with Crippen molar-refractivity contribution in [1.82, 2.24) is 0 Å². The van der Waals surface area contributed by atoms with Crippen LogP contribution in [0.25, 0.3) is 0 Å². The summed E-state index contributed by atoms with van der Waals surface area (Å²) in [5.41, 5.74) is 0. The summed E-state index contributed by atoms with van der Waals surface area (Å²) >= 11 is 0. The topological polar surface area (TPSA) is 0 Å². The fourth-order valence-electron chi connectivity index (χ4n) is 1.56. The van der Waals surface area contributed by atoms with Crippen LogP contribution in [0.4, 0.5) is 39.5 Å². The van der Waals surface area contributed by atoms with Gasteiger partial charge in [-0.2, -0.15) is 0 Å². The molecule has 3 rings (SSSR count). The Hall–Kier alpha value is -2.44. The van der Waals surface area contributed by atoms with E-state index in [0.29, 0.717) is 54.6 Å². The normalized spacial score (nSPS) is 9.32. The molecule has 28 heavy (non-hydrogen) atoms. The lowest BCUT2D eigenvalue weighted by Crippen LogP contribution is -1.81. The first-order valence-electron chi connectivity index (χ1n) is 6.90. The van der Waals surface area contributed by atoms with Crippen LogP contribution in [0.1, 0.15) is 0 Å². The molecule has 0 bridgehead atoms. The molecule has 0 radical (unpaired) electrons. The molecular weight excluding hydrogens is 414 g/mol. The van der Waals surface area contributed by atoms with Crippen molar-refractivity contribution >= 4 is 17.4 Å². The summed E-state index contributed by atoms with van der Waals surface area (Å²) in [4.78, 5) is 0. The standard InChI is InChI=1S/3C6H3F3.Al.3H/c3*7-4-1-5(8)3-6(9)2-4;;;;/h3*1-3H;;;;. The largest absolute Gasteiger partial charge is 0.207 e. The molecule has 0 spiro atoms. The predicted molar refractivity (Wildman–Crippen MR) is 88.9 cm³/mol. The van der Waals surface area contributed by atoms with Gasteiger partial charge in [0.2, 0.25) is 0 Å². The maximum atomic E-state index is 11.9. The Morgan fingerprint density at radius 2 is 0.321 bits per heavy atom. The van der Waals surface area contributed by atoms with Crippen molar-refractivity contribution in [2.75, 3.05) is 0 Å². The molecule has 0 unspecified atom stereocenters. The zero-order valence-electron chi connectivity index (χ0n) is 13.1. The van der Waals surface area contributed by atoms with E-state index in [2.05, 4.69) is 0 Å². The fourth-order valence-corrected chi connectivity index (χ4v) is 1.56. The summed E-state index contributed by atoms with van der Waals surface area (Å²) in [6.07, 6.45) is 0. The van der Waals surface area contributed by atoms with Crippen molar-refractivity contribution in [3.8, 4) is 0 Å². The van der Waals surface area contributed by atoms with E-state index >= 15 is 0 Å². The van der Waals surface area contributed by atoms with Gasteiger partial charge in [-0.3, -0.25) is 0 Å². The molecule has 0 fully saturated rings. The lowest BCUT2D eigenvalue weighted by molar-refractivity contribution is 0.542. The van der Waals surface area contributed by atoms with Crippen molar-refractivity contribution in [2.24, 2.45) is 0 Å². The van der Waals surface area contributed by atoms with Crippen molar-refractivity contribution in [3.05, 3.63) is 107 Å². The molecule has 0 aliphatic heterocycles. The van der Waals surface area contributed by atoms with Gasteiger partial charge in [0.15, 0.2) is 17.4 Å². The summed E-state index contributed by atoms with van der Waals surface area (Å²) in [5.74, 6) is -8.06. The molecule has 0 N–H and O–H groups in total. The van der Waals surface area contributed by atoms with E-state index in [1.807, 2.05) is 0 Å². The highest BCUT2D eigenvalue weighted by Crippen LogP contribution is 2.06. The van der Waals surface area contributed by atoms with Gasteiger partial charge in [0.1, 0.15) is 52.4 Å². The summed E-state index contributed by atoms with van der Waals surface area (Å²) in [6.45, 7) is 0. The van der Waals surface area contributed by atoms with Crippen LogP contribution >= 0.6 is 0 Å². The minimum Gasteiger partial charge on any atom is -0.207 e. The second-order valence-corrected chi connectivity index (χ2v) is 4.76. The zero-order chi connectivity index (χ0) is 20.6. The van der Waals surface area contributed by atoms with Gasteiger partial charge < -0.3 is 0 Å². The molecule has 0 heterocycles. The summed E-state index contributed by atoms with van der Waals surface area (Å²) < 4.78 is 108. The average Bonchev–Trinajstić information content (AvgIpc) is 2.43. The quantitative estimate of drug-likeness (QED) is 0.346. The molecule has 0 atom stereocenters. The fraction of sp³-hybridized carbons (Fsp3) is 0. The highest BCUT2D eigenvalue weighted by atomic mass is 27.0. The first-order valence-corrected chi connectivity index (χ1v) is 6.90. The molecule has 0 saturated heterocycles. The van der Waals surface area contributed by atoms with E-state index in [9.17, 15) is 39.5 Å². The van der Waals surface area contributed by atoms with E-state index in [4.69, 9.17) is 0 Å². The minimum atomic E-state index is -0.896. The molecule has 0 aromatic heterocycles. The van der Waals surface area contributed by atoms with Crippen LogP contribution in [-0.4, -0.2) is 17.4 Å². The van der Waals surface area contributed by atoms with E-state index in [1.54, 1.807) is 0 Å². The molecule has 0 nitrogen and oxygen atoms in total. The van der Waals surface area contributed by atoms with Crippen LogP contribution in [-0.2, 0) is 0 Å². The summed E-state index contributed by atoms with van der Waals surface area (Å²) in [7, 11) is 0. The first kappa shape index (κ1) is 25.6. The summed E-state index contributed by atoms with van der Waals surface area (Å²) in [6, 6.07) is 5.53. The number of benzene rings is 3. The molecule has 3 aromatic carbocycles.